The number of hydrogen-bond acceptors (Lipinski definition) is 4. The van der Waals surface area contributed by atoms with E-state index < -0.39 is 5.60 Å². The van der Waals surface area contributed by atoms with Gasteiger partial charge in [-0.15, -0.1) is 0 Å². The molecule has 1 aromatic rings. The zero-order valence-electron chi connectivity index (χ0n) is 10.9. The van der Waals surface area contributed by atoms with Crippen molar-refractivity contribution in [2.75, 3.05) is 32.1 Å². The molecular formula is C13H18N2O3. The van der Waals surface area contributed by atoms with Crippen molar-refractivity contribution in [1.29, 1.82) is 0 Å². The number of amides is 1. The minimum absolute atomic E-state index is 0.307. The molecule has 0 radical (unpaired) electrons. The molecular weight excluding hydrogens is 232 g/mol. The van der Waals surface area contributed by atoms with Crippen LogP contribution in [-0.2, 0) is 4.74 Å². The van der Waals surface area contributed by atoms with Crippen LogP contribution in [0.3, 0.4) is 0 Å². The maximum atomic E-state index is 11.9. The molecule has 0 saturated carbocycles. The van der Waals surface area contributed by atoms with E-state index in [2.05, 4.69) is 5.32 Å². The van der Waals surface area contributed by atoms with E-state index in [0.717, 1.165) is 11.4 Å². The van der Waals surface area contributed by atoms with Gasteiger partial charge in [0.1, 0.15) is 11.4 Å². The Labute approximate surface area is 107 Å². The number of ether oxygens (including phenoxy) is 2. The fraction of sp³-hybridized carbons (Fsp3) is 0.462. The number of nitrogens with zero attached hydrogens (tertiary/aromatic N) is 1. The number of anilines is 1. The van der Waals surface area contributed by atoms with Crippen LogP contribution in [-0.4, -0.2) is 38.9 Å². The van der Waals surface area contributed by atoms with Gasteiger partial charge in [-0.25, -0.2) is 4.79 Å². The van der Waals surface area contributed by atoms with E-state index in [1.807, 2.05) is 38.2 Å². The summed E-state index contributed by atoms with van der Waals surface area (Å²) in [5.74, 6) is 0.768. The summed E-state index contributed by atoms with van der Waals surface area (Å²) in [7, 11) is 3.46. The van der Waals surface area contributed by atoms with Gasteiger partial charge in [0.15, 0.2) is 0 Å². The van der Waals surface area contributed by atoms with E-state index in [-0.39, 0.29) is 6.09 Å². The predicted octanol–water partition coefficient (Wildman–Crippen LogP) is 1.63. The van der Waals surface area contributed by atoms with Crippen LogP contribution < -0.4 is 15.0 Å². The average molecular weight is 250 g/mol. The number of benzene rings is 1. The zero-order valence-corrected chi connectivity index (χ0v) is 10.9. The summed E-state index contributed by atoms with van der Waals surface area (Å²) < 4.78 is 10.5. The van der Waals surface area contributed by atoms with Gasteiger partial charge in [-0.3, -0.25) is 4.90 Å². The predicted molar refractivity (Wildman–Crippen MR) is 69.2 cm³/mol. The summed E-state index contributed by atoms with van der Waals surface area (Å²) in [5.41, 5.74) is 0.340. The molecule has 5 heteroatoms. The van der Waals surface area contributed by atoms with Gasteiger partial charge in [0.2, 0.25) is 0 Å². The van der Waals surface area contributed by atoms with Gasteiger partial charge in [-0.1, -0.05) is 0 Å². The second-order valence-electron chi connectivity index (χ2n) is 4.63. The molecule has 1 aromatic carbocycles. The highest BCUT2D eigenvalue weighted by atomic mass is 16.6. The molecule has 0 aliphatic carbocycles. The number of cyclic esters (lactones) is 1. The zero-order chi connectivity index (χ0) is 13.2. The van der Waals surface area contributed by atoms with Crippen molar-refractivity contribution < 1.29 is 14.3 Å². The van der Waals surface area contributed by atoms with E-state index in [4.69, 9.17) is 9.47 Å². The molecule has 0 aromatic heterocycles. The molecule has 1 unspecified atom stereocenters. The van der Waals surface area contributed by atoms with Gasteiger partial charge in [-0.2, -0.15) is 0 Å². The summed E-state index contributed by atoms with van der Waals surface area (Å²) in [6.45, 7) is 3.09. The van der Waals surface area contributed by atoms with Crippen molar-refractivity contribution in [3.8, 4) is 5.75 Å². The molecule has 18 heavy (non-hydrogen) atoms. The highest BCUT2D eigenvalue weighted by Gasteiger charge is 2.41. The number of methoxy groups -OCH3 is 1. The summed E-state index contributed by atoms with van der Waals surface area (Å²) in [6.07, 6.45) is -0.307. The Hall–Kier alpha value is -1.75. The Morgan fingerprint density at radius 2 is 2.11 bits per heavy atom. The molecule has 1 saturated heterocycles. The molecule has 1 atom stereocenters. The molecule has 5 nitrogen and oxygen atoms in total. The fourth-order valence-corrected chi connectivity index (χ4v) is 2.12. The number of likely N-dealkylation sites (N-methyl/N-ethyl adjacent to an activating group) is 1. The molecule has 0 bridgehead atoms. The normalized spacial score (nSPS) is 23.1. The van der Waals surface area contributed by atoms with Gasteiger partial charge in [0.25, 0.3) is 0 Å². The molecule has 1 heterocycles. The summed E-state index contributed by atoms with van der Waals surface area (Å²) in [5, 5.41) is 3.04. The van der Waals surface area contributed by atoms with Crippen LogP contribution in [0.5, 0.6) is 5.75 Å². The third-order valence-electron chi connectivity index (χ3n) is 2.98. The largest absolute Gasteiger partial charge is 0.497 e. The third-order valence-corrected chi connectivity index (χ3v) is 2.98. The number of carbonyl (C=O) groups excluding carboxylic acids is 1. The fourth-order valence-electron chi connectivity index (χ4n) is 2.12. The van der Waals surface area contributed by atoms with Gasteiger partial charge in [-0.05, 0) is 38.2 Å². The Bertz CT molecular complexity index is 432. The number of nitrogens with one attached hydrogen (secondary N) is 1. The Kier molecular flexibility index (Phi) is 3.43. The lowest BCUT2D eigenvalue weighted by Crippen LogP contribution is -2.40. The molecule has 1 aliphatic heterocycles. The first-order chi connectivity index (χ1) is 8.58. The van der Waals surface area contributed by atoms with E-state index >= 15 is 0 Å². The van der Waals surface area contributed by atoms with E-state index in [1.165, 1.54) is 0 Å². The second-order valence-corrected chi connectivity index (χ2v) is 4.63. The van der Waals surface area contributed by atoms with E-state index in [0.29, 0.717) is 13.1 Å². The lowest BCUT2D eigenvalue weighted by atomic mass is 10.1. The lowest BCUT2D eigenvalue weighted by Gasteiger charge is -2.21. The topological polar surface area (TPSA) is 50.8 Å². The lowest BCUT2D eigenvalue weighted by molar-refractivity contribution is 0.0734. The molecule has 1 aliphatic rings. The van der Waals surface area contributed by atoms with Crippen molar-refractivity contribution in [3.05, 3.63) is 24.3 Å². The highest BCUT2D eigenvalue weighted by Crippen LogP contribution is 2.28. The maximum Gasteiger partial charge on any atom is 0.415 e. The van der Waals surface area contributed by atoms with Crippen LogP contribution in [0, 0.1) is 0 Å². The monoisotopic (exact) mass is 250 g/mol. The van der Waals surface area contributed by atoms with Crippen molar-refractivity contribution in [3.63, 3.8) is 0 Å². The quantitative estimate of drug-likeness (QED) is 0.882. The van der Waals surface area contributed by atoms with Crippen LogP contribution in [0.1, 0.15) is 6.92 Å². The SMILES string of the molecule is CNCC1(C)CN(c2ccc(OC)cc2)C(=O)O1. The number of carbonyl (C=O) groups is 1. The second kappa shape index (κ2) is 4.86. The van der Waals surface area contributed by atoms with Crippen molar-refractivity contribution >= 4 is 11.8 Å². The molecule has 98 valence electrons. The van der Waals surface area contributed by atoms with E-state index in [1.54, 1.807) is 12.0 Å². The first-order valence-corrected chi connectivity index (χ1v) is 5.87. The Morgan fingerprint density at radius 1 is 1.44 bits per heavy atom. The van der Waals surface area contributed by atoms with Crippen LogP contribution in [0.4, 0.5) is 10.5 Å². The Balaban J connectivity index is 2.16. The summed E-state index contributed by atoms with van der Waals surface area (Å²) in [4.78, 5) is 13.5. The molecule has 1 amide bonds. The molecule has 1 fully saturated rings. The molecule has 2 rings (SSSR count). The first kappa shape index (κ1) is 12.7. The highest BCUT2D eigenvalue weighted by molar-refractivity contribution is 5.90. The minimum atomic E-state index is -0.480. The average Bonchev–Trinajstić information content (AvgIpc) is 2.65. The summed E-state index contributed by atoms with van der Waals surface area (Å²) >= 11 is 0. The van der Waals surface area contributed by atoms with E-state index in [9.17, 15) is 4.79 Å². The van der Waals surface area contributed by atoms with Gasteiger partial charge >= 0.3 is 6.09 Å². The molecule has 0 spiro atoms. The van der Waals surface area contributed by atoms with Crippen molar-refractivity contribution in [2.24, 2.45) is 0 Å². The smallest absolute Gasteiger partial charge is 0.415 e. The minimum Gasteiger partial charge on any atom is -0.497 e. The van der Waals surface area contributed by atoms with Gasteiger partial charge in [0, 0.05) is 12.2 Å². The maximum absolute atomic E-state index is 11.9. The van der Waals surface area contributed by atoms with Crippen LogP contribution in [0.2, 0.25) is 0 Å². The van der Waals surface area contributed by atoms with Gasteiger partial charge < -0.3 is 14.8 Å². The first-order valence-electron chi connectivity index (χ1n) is 5.87. The van der Waals surface area contributed by atoms with Crippen molar-refractivity contribution in [2.45, 2.75) is 12.5 Å². The summed E-state index contributed by atoms with van der Waals surface area (Å²) in [6, 6.07) is 7.36. The van der Waals surface area contributed by atoms with Gasteiger partial charge in [0.05, 0.1) is 13.7 Å². The molecule has 1 N–H and O–H groups in total. The number of hydrogen-bond donors (Lipinski definition) is 1. The van der Waals surface area contributed by atoms with Crippen molar-refractivity contribution in [1.82, 2.24) is 5.32 Å². The third kappa shape index (κ3) is 2.41. The Morgan fingerprint density at radius 3 is 2.67 bits per heavy atom. The number of rotatable bonds is 4. The van der Waals surface area contributed by atoms with Crippen LogP contribution >= 0.6 is 0 Å². The van der Waals surface area contributed by atoms with Crippen LogP contribution in [0.25, 0.3) is 0 Å². The standard InChI is InChI=1S/C13H18N2O3/c1-13(8-14-2)9-15(12(16)18-13)10-4-6-11(17-3)7-5-10/h4-7,14H,8-9H2,1-3H3. The van der Waals surface area contributed by atoms with Crippen LogP contribution in [0.15, 0.2) is 24.3 Å².